The Kier molecular flexibility index (Phi) is 8.98. The second kappa shape index (κ2) is 12.2. The average molecular weight is 560 g/mol. The van der Waals surface area contributed by atoms with Crippen molar-refractivity contribution in [2.75, 3.05) is 44.9 Å². The maximum Gasteiger partial charge on any atom is 0.573 e. The molecule has 4 rings (SSSR count). The minimum atomic E-state index is -4.75. The molecular weight excluding hydrogens is 527 g/mol. The van der Waals surface area contributed by atoms with Gasteiger partial charge in [-0.15, -0.1) is 13.2 Å². The molecule has 1 aliphatic rings. The Balaban J connectivity index is 1.66. The highest BCUT2D eigenvalue weighted by Gasteiger charge is 2.36. The Morgan fingerprint density at radius 3 is 2.52 bits per heavy atom. The van der Waals surface area contributed by atoms with Crippen molar-refractivity contribution in [3.63, 3.8) is 0 Å². The molecule has 0 radical (unpaired) electrons. The Bertz CT molecular complexity index is 1420. The summed E-state index contributed by atoms with van der Waals surface area (Å²) in [5.74, 6) is -0.275. The first-order valence-electron chi connectivity index (χ1n) is 12.9. The molecular formula is C28H32F3N5O4. The van der Waals surface area contributed by atoms with Crippen LogP contribution in [0, 0.1) is 11.3 Å². The van der Waals surface area contributed by atoms with Crippen LogP contribution in [0.4, 0.5) is 18.9 Å². The van der Waals surface area contributed by atoms with Crippen LogP contribution in [-0.4, -0.2) is 72.9 Å². The molecule has 2 aromatic heterocycles. The van der Waals surface area contributed by atoms with Crippen LogP contribution in [0.15, 0.2) is 47.3 Å². The van der Waals surface area contributed by atoms with Crippen LogP contribution >= 0.6 is 0 Å². The van der Waals surface area contributed by atoms with E-state index in [2.05, 4.69) is 25.6 Å². The molecule has 1 fully saturated rings. The number of rotatable bonds is 9. The first-order valence-corrected chi connectivity index (χ1v) is 12.9. The molecule has 0 bridgehead atoms. The number of aryl methyl sites for hydroxylation is 1. The van der Waals surface area contributed by atoms with Crippen molar-refractivity contribution in [1.82, 2.24) is 14.5 Å². The molecule has 3 heterocycles. The molecule has 12 heteroatoms. The van der Waals surface area contributed by atoms with E-state index in [1.54, 1.807) is 44.5 Å². The molecule has 0 N–H and O–H groups in total. The van der Waals surface area contributed by atoms with E-state index in [0.29, 0.717) is 49.6 Å². The van der Waals surface area contributed by atoms with E-state index in [4.69, 9.17) is 9.47 Å². The van der Waals surface area contributed by atoms with Gasteiger partial charge in [-0.05, 0) is 43.7 Å². The van der Waals surface area contributed by atoms with Gasteiger partial charge in [0.05, 0.1) is 37.1 Å². The fraction of sp³-hybridized carbons (Fsp3) is 0.464. The molecule has 1 unspecified atom stereocenters. The van der Waals surface area contributed by atoms with Crippen LogP contribution in [0.5, 0.6) is 5.75 Å². The smallest absolute Gasteiger partial charge is 0.406 e. The summed E-state index contributed by atoms with van der Waals surface area (Å²) in [6.45, 7) is 6.31. The van der Waals surface area contributed by atoms with Crippen molar-refractivity contribution in [3.05, 3.63) is 64.1 Å². The van der Waals surface area contributed by atoms with Crippen molar-refractivity contribution in [2.45, 2.75) is 38.3 Å². The summed E-state index contributed by atoms with van der Waals surface area (Å²) in [6.07, 6.45) is -4.75. The predicted octanol–water partition coefficient (Wildman–Crippen LogP) is 4.01. The fourth-order valence-corrected chi connectivity index (χ4v) is 5.12. The quantitative estimate of drug-likeness (QED) is 0.363. The number of piperazine rings is 1. The van der Waals surface area contributed by atoms with Gasteiger partial charge < -0.3 is 23.7 Å². The number of ether oxygens (including phenoxy) is 3. The number of alkyl halides is 3. The molecule has 1 aromatic carbocycles. The van der Waals surface area contributed by atoms with Gasteiger partial charge in [-0.25, -0.2) is 4.98 Å². The van der Waals surface area contributed by atoms with E-state index in [1.165, 1.54) is 16.7 Å². The Labute approximate surface area is 230 Å². The zero-order valence-electron chi connectivity index (χ0n) is 22.8. The number of benzene rings is 1. The maximum absolute atomic E-state index is 12.9. The highest BCUT2D eigenvalue weighted by atomic mass is 19.4. The first-order chi connectivity index (χ1) is 19.0. The number of fused-ring (bicyclic) bond motifs is 1. The number of methoxy groups -OCH3 is 1. The topological polar surface area (TPSA) is 92.9 Å². The summed E-state index contributed by atoms with van der Waals surface area (Å²) >= 11 is 0. The number of hydrogen-bond donors (Lipinski definition) is 0. The molecule has 1 saturated heterocycles. The van der Waals surface area contributed by atoms with Gasteiger partial charge >= 0.3 is 6.36 Å². The number of halogens is 3. The van der Waals surface area contributed by atoms with Crippen molar-refractivity contribution in [3.8, 4) is 11.8 Å². The van der Waals surface area contributed by atoms with E-state index in [1.807, 2.05) is 13.8 Å². The third-order valence-corrected chi connectivity index (χ3v) is 7.21. The Morgan fingerprint density at radius 1 is 1.15 bits per heavy atom. The van der Waals surface area contributed by atoms with E-state index in [-0.39, 0.29) is 35.1 Å². The SMILES string of the molecule is COCCOC[C@@H]1CN(c2cc(=O)n(C)c3ccc(C#N)nc23)[C@@H](C)CN1C(C)c1ccc(OC(F)(F)F)cc1. The van der Waals surface area contributed by atoms with Gasteiger partial charge in [0.15, 0.2) is 0 Å². The van der Waals surface area contributed by atoms with E-state index in [9.17, 15) is 23.2 Å². The Morgan fingerprint density at radius 2 is 1.88 bits per heavy atom. The monoisotopic (exact) mass is 559 g/mol. The summed E-state index contributed by atoms with van der Waals surface area (Å²) in [6, 6.07) is 12.5. The average Bonchev–Trinajstić information content (AvgIpc) is 2.92. The molecule has 40 heavy (non-hydrogen) atoms. The second-order valence-electron chi connectivity index (χ2n) is 9.82. The highest BCUT2D eigenvalue weighted by molar-refractivity contribution is 5.89. The fourth-order valence-electron chi connectivity index (χ4n) is 5.12. The van der Waals surface area contributed by atoms with E-state index in [0.717, 1.165) is 5.56 Å². The van der Waals surface area contributed by atoms with Crippen LogP contribution in [0.1, 0.15) is 31.1 Å². The lowest BCUT2D eigenvalue weighted by molar-refractivity contribution is -0.274. The lowest BCUT2D eigenvalue weighted by Crippen LogP contribution is -2.59. The van der Waals surface area contributed by atoms with Crippen molar-refractivity contribution in [1.29, 1.82) is 5.26 Å². The minimum Gasteiger partial charge on any atom is -0.406 e. The van der Waals surface area contributed by atoms with Crippen LogP contribution in [0.3, 0.4) is 0 Å². The van der Waals surface area contributed by atoms with E-state index < -0.39 is 6.36 Å². The summed E-state index contributed by atoms with van der Waals surface area (Å²) in [7, 11) is 3.26. The first kappa shape index (κ1) is 29.3. The summed E-state index contributed by atoms with van der Waals surface area (Å²) < 4.78 is 54.4. The predicted molar refractivity (Wildman–Crippen MR) is 143 cm³/mol. The van der Waals surface area contributed by atoms with Crippen LogP contribution in [-0.2, 0) is 16.5 Å². The summed E-state index contributed by atoms with van der Waals surface area (Å²) in [5, 5.41) is 9.44. The third-order valence-electron chi connectivity index (χ3n) is 7.21. The Hall–Kier alpha value is -3.66. The summed E-state index contributed by atoms with van der Waals surface area (Å²) in [4.78, 5) is 21.8. The number of nitriles is 1. The molecule has 0 aliphatic carbocycles. The molecule has 214 valence electrons. The van der Waals surface area contributed by atoms with Gasteiger partial charge in [0, 0.05) is 45.4 Å². The third kappa shape index (κ3) is 6.55. The number of hydrogen-bond acceptors (Lipinski definition) is 8. The number of anilines is 1. The van der Waals surface area contributed by atoms with Gasteiger partial charge in [-0.3, -0.25) is 9.69 Å². The minimum absolute atomic E-state index is 0.0617. The van der Waals surface area contributed by atoms with Crippen LogP contribution in [0.25, 0.3) is 11.0 Å². The zero-order chi connectivity index (χ0) is 29.0. The van der Waals surface area contributed by atoms with Gasteiger partial charge in [0.25, 0.3) is 5.56 Å². The number of aromatic nitrogens is 2. The highest BCUT2D eigenvalue weighted by Crippen LogP contribution is 2.33. The van der Waals surface area contributed by atoms with Crippen LogP contribution in [0.2, 0.25) is 0 Å². The number of nitrogens with zero attached hydrogens (tertiary/aromatic N) is 5. The molecule has 3 aromatic rings. The van der Waals surface area contributed by atoms with Gasteiger partial charge in [-0.1, -0.05) is 12.1 Å². The van der Waals surface area contributed by atoms with Gasteiger partial charge in [-0.2, -0.15) is 5.26 Å². The lowest BCUT2D eigenvalue weighted by atomic mass is 9.99. The largest absolute Gasteiger partial charge is 0.573 e. The molecule has 1 aliphatic heterocycles. The summed E-state index contributed by atoms with van der Waals surface area (Å²) in [5.41, 5.74) is 2.73. The molecule has 9 nitrogen and oxygen atoms in total. The normalized spacial score (nSPS) is 19.0. The molecule has 0 spiro atoms. The zero-order valence-corrected chi connectivity index (χ0v) is 22.8. The second-order valence-corrected chi connectivity index (χ2v) is 9.82. The molecule has 0 saturated carbocycles. The van der Waals surface area contributed by atoms with E-state index >= 15 is 0 Å². The lowest BCUT2D eigenvalue weighted by Gasteiger charge is -2.48. The van der Waals surface area contributed by atoms with Crippen LogP contribution < -0.4 is 15.2 Å². The van der Waals surface area contributed by atoms with Crippen molar-refractivity contribution in [2.24, 2.45) is 7.05 Å². The van der Waals surface area contributed by atoms with Crippen molar-refractivity contribution < 1.29 is 27.4 Å². The van der Waals surface area contributed by atoms with Gasteiger partial charge in [0.2, 0.25) is 0 Å². The number of pyridine rings is 2. The van der Waals surface area contributed by atoms with Gasteiger partial charge in [0.1, 0.15) is 23.0 Å². The standard InChI is InChI=1S/C28H32F3N5O4/c1-18-15-36(19(2)20-5-8-23(9-6-20)40-28(29,30)31)22(17-39-12-11-38-4)16-35(18)25-13-26(37)34(3)24-10-7-21(14-32)33-27(24)25/h5-10,13,18-19,22H,11-12,15-17H2,1-4H3/t18-,19?,22-/m0/s1. The maximum atomic E-state index is 12.9. The molecule has 0 amide bonds. The van der Waals surface area contributed by atoms with Crippen molar-refractivity contribution >= 4 is 16.7 Å². The molecule has 3 atom stereocenters.